The Hall–Kier alpha value is -1.36. The summed E-state index contributed by atoms with van der Waals surface area (Å²) in [6, 6.07) is 2.53. The van der Waals surface area contributed by atoms with Crippen LogP contribution in [0.4, 0.5) is 11.8 Å². The van der Waals surface area contributed by atoms with Crippen molar-refractivity contribution in [3.05, 3.63) is 10.9 Å². The van der Waals surface area contributed by atoms with Crippen LogP contribution in [0.25, 0.3) is 10.2 Å². The van der Waals surface area contributed by atoms with Gasteiger partial charge in [0.05, 0.1) is 5.39 Å². The van der Waals surface area contributed by atoms with Gasteiger partial charge in [-0.2, -0.15) is 4.98 Å². The van der Waals surface area contributed by atoms with Gasteiger partial charge in [-0.3, -0.25) is 0 Å². The number of hydrogen-bond donors (Lipinski definition) is 2. The van der Waals surface area contributed by atoms with Crippen LogP contribution in [0.2, 0.25) is 0 Å². The number of nitrogens with one attached hydrogen (secondary N) is 2. The molecule has 2 aromatic heterocycles. The van der Waals surface area contributed by atoms with Crippen LogP contribution in [0, 0.1) is 5.41 Å². The number of anilines is 2. The zero-order valence-corrected chi connectivity index (χ0v) is 14.0. The van der Waals surface area contributed by atoms with Crippen LogP contribution >= 0.6 is 11.3 Å². The van der Waals surface area contributed by atoms with E-state index in [2.05, 4.69) is 61.3 Å². The molecule has 0 saturated carbocycles. The van der Waals surface area contributed by atoms with Crippen molar-refractivity contribution in [1.82, 2.24) is 9.97 Å². The lowest BCUT2D eigenvalue weighted by atomic mass is 9.88. The van der Waals surface area contributed by atoms with Crippen LogP contribution in [0.3, 0.4) is 0 Å². The third-order valence-electron chi connectivity index (χ3n) is 3.67. The first-order chi connectivity index (χ1) is 9.35. The van der Waals surface area contributed by atoms with Gasteiger partial charge in [-0.25, -0.2) is 4.98 Å². The maximum Gasteiger partial charge on any atom is 0.225 e. The van der Waals surface area contributed by atoms with Crippen molar-refractivity contribution < 1.29 is 0 Å². The highest BCUT2D eigenvalue weighted by Gasteiger charge is 2.21. The Morgan fingerprint density at radius 2 is 2.00 bits per heavy atom. The van der Waals surface area contributed by atoms with E-state index in [1.54, 1.807) is 11.3 Å². The lowest BCUT2D eigenvalue weighted by molar-refractivity contribution is 0.359. The molecule has 0 bridgehead atoms. The molecular weight excluding hydrogens is 268 g/mol. The number of fused-ring (bicyclic) bond motifs is 1. The Bertz CT molecular complexity index is 598. The summed E-state index contributed by atoms with van der Waals surface area (Å²) in [5, 5.41) is 7.72. The lowest BCUT2D eigenvalue weighted by Crippen LogP contribution is -2.31. The first-order valence-corrected chi connectivity index (χ1v) is 7.91. The Morgan fingerprint density at radius 1 is 1.30 bits per heavy atom. The van der Waals surface area contributed by atoms with Crippen LogP contribution in [-0.2, 0) is 6.42 Å². The molecule has 5 heteroatoms. The molecule has 4 nitrogen and oxygen atoms in total. The molecule has 2 aromatic rings. The molecule has 2 rings (SSSR count). The van der Waals surface area contributed by atoms with Crippen molar-refractivity contribution in [2.24, 2.45) is 5.41 Å². The van der Waals surface area contributed by atoms with Gasteiger partial charge in [-0.15, -0.1) is 11.3 Å². The second-order valence-corrected chi connectivity index (χ2v) is 7.28. The van der Waals surface area contributed by atoms with E-state index in [-0.39, 0.29) is 5.41 Å². The fourth-order valence-electron chi connectivity index (χ4n) is 1.79. The van der Waals surface area contributed by atoms with Gasteiger partial charge in [-0.05, 0) is 24.8 Å². The quantitative estimate of drug-likeness (QED) is 0.889. The Labute approximate surface area is 125 Å². The van der Waals surface area contributed by atoms with Gasteiger partial charge in [0.25, 0.3) is 0 Å². The molecule has 110 valence electrons. The number of hydrogen-bond acceptors (Lipinski definition) is 5. The van der Waals surface area contributed by atoms with Gasteiger partial charge in [0, 0.05) is 18.0 Å². The summed E-state index contributed by atoms with van der Waals surface area (Å²) in [5.41, 5.74) is 0.181. The maximum absolute atomic E-state index is 4.59. The zero-order valence-electron chi connectivity index (χ0n) is 13.2. The first kappa shape index (κ1) is 15.0. The Balaban J connectivity index is 2.47. The summed E-state index contributed by atoms with van der Waals surface area (Å²) in [4.78, 5) is 11.5. The van der Waals surface area contributed by atoms with Gasteiger partial charge < -0.3 is 10.6 Å². The smallest absolute Gasteiger partial charge is 0.225 e. The molecule has 0 aliphatic rings. The van der Waals surface area contributed by atoms with Crippen LogP contribution in [0.15, 0.2) is 6.07 Å². The van der Waals surface area contributed by atoms with Crippen molar-refractivity contribution in [2.75, 3.05) is 17.7 Å². The van der Waals surface area contributed by atoms with E-state index in [1.165, 1.54) is 4.88 Å². The Kier molecular flexibility index (Phi) is 4.18. The highest BCUT2D eigenvalue weighted by molar-refractivity contribution is 7.18. The van der Waals surface area contributed by atoms with E-state index < -0.39 is 0 Å². The standard InChI is InChI=1S/C15H24N4S/c1-7-10-8-11-12(17-9(2)15(3,4)5)18-14(16-6)19-13(11)20-10/h8-9H,7H2,1-6H3,(H2,16,17,18,19). The molecule has 2 heterocycles. The van der Waals surface area contributed by atoms with Crippen LogP contribution in [-0.4, -0.2) is 23.1 Å². The monoisotopic (exact) mass is 292 g/mol. The molecule has 0 aliphatic carbocycles. The van der Waals surface area contributed by atoms with Gasteiger partial charge in [0.15, 0.2) is 0 Å². The molecule has 0 fully saturated rings. The fraction of sp³-hybridized carbons (Fsp3) is 0.600. The number of rotatable bonds is 4. The first-order valence-electron chi connectivity index (χ1n) is 7.10. The third-order valence-corrected chi connectivity index (χ3v) is 4.84. The molecule has 0 spiro atoms. The van der Waals surface area contributed by atoms with E-state index in [4.69, 9.17) is 0 Å². The fourth-order valence-corrected chi connectivity index (χ4v) is 2.76. The molecule has 1 unspecified atom stereocenters. The number of nitrogens with zero attached hydrogens (tertiary/aromatic N) is 2. The van der Waals surface area contributed by atoms with Crippen molar-refractivity contribution >= 4 is 33.3 Å². The van der Waals surface area contributed by atoms with Crippen molar-refractivity contribution in [3.63, 3.8) is 0 Å². The van der Waals surface area contributed by atoms with Gasteiger partial charge in [0.2, 0.25) is 5.95 Å². The minimum Gasteiger partial charge on any atom is -0.366 e. The molecule has 0 radical (unpaired) electrons. The topological polar surface area (TPSA) is 49.8 Å². The normalized spacial score (nSPS) is 13.5. The summed E-state index contributed by atoms with van der Waals surface area (Å²) in [7, 11) is 1.85. The minimum absolute atomic E-state index is 0.181. The summed E-state index contributed by atoms with van der Waals surface area (Å²) < 4.78 is 0. The second kappa shape index (κ2) is 5.56. The predicted octanol–water partition coefficient (Wildman–Crippen LogP) is 4.14. The van der Waals surface area contributed by atoms with E-state index in [9.17, 15) is 0 Å². The average Bonchev–Trinajstić information content (AvgIpc) is 2.80. The van der Waals surface area contributed by atoms with E-state index >= 15 is 0 Å². The summed E-state index contributed by atoms with van der Waals surface area (Å²) in [6.07, 6.45) is 1.03. The molecule has 0 saturated heterocycles. The summed E-state index contributed by atoms with van der Waals surface area (Å²) in [5.74, 6) is 1.60. The number of thiophene rings is 1. The largest absolute Gasteiger partial charge is 0.366 e. The predicted molar refractivity (Wildman–Crippen MR) is 88.9 cm³/mol. The molecule has 20 heavy (non-hydrogen) atoms. The van der Waals surface area contributed by atoms with Crippen LogP contribution in [0.1, 0.15) is 39.5 Å². The summed E-state index contributed by atoms with van der Waals surface area (Å²) in [6.45, 7) is 11.1. The SMILES string of the molecule is CCc1cc2c(NC(C)C(C)(C)C)nc(NC)nc2s1. The van der Waals surface area contributed by atoms with Gasteiger partial charge in [0.1, 0.15) is 10.6 Å². The molecular formula is C15H24N4S. The Morgan fingerprint density at radius 3 is 2.55 bits per heavy atom. The summed E-state index contributed by atoms with van der Waals surface area (Å²) >= 11 is 1.74. The van der Waals surface area contributed by atoms with Gasteiger partial charge in [-0.1, -0.05) is 27.7 Å². The zero-order chi connectivity index (χ0) is 14.9. The van der Waals surface area contributed by atoms with Crippen LogP contribution in [0.5, 0.6) is 0 Å². The maximum atomic E-state index is 4.59. The van der Waals surface area contributed by atoms with Crippen molar-refractivity contribution in [3.8, 4) is 0 Å². The van der Waals surface area contributed by atoms with Crippen molar-refractivity contribution in [2.45, 2.75) is 47.1 Å². The van der Waals surface area contributed by atoms with Gasteiger partial charge >= 0.3 is 0 Å². The molecule has 1 atom stereocenters. The number of aromatic nitrogens is 2. The van der Waals surface area contributed by atoms with E-state index in [1.807, 2.05) is 7.05 Å². The second-order valence-electron chi connectivity index (χ2n) is 6.16. The molecule has 0 aromatic carbocycles. The minimum atomic E-state index is 0.181. The number of aryl methyl sites for hydroxylation is 1. The van der Waals surface area contributed by atoms with E-state index in [0.29, 0.717) is 12.0 Å². The van der Waals surface area contributed by atoms with E-state index in [0.717, 1.165) is 22.5 Å². The van der Waals surface area contributed by atoms with Crippen molar-refractivity contribution in [1.29, 1.82) is 0 Å². The third kappa shape index (κ3) is 3.03. The lowest BCUT2D eigenvalue weighted by Gasteiger charge is -2.28. The molecule has 0 amide bonds. The molecule has 2 N–H and O–H groups in total. The highest BCUT2D eigenvalue weighted by Crippen LogP contribution is 2.32. The average molecular weight is 292 g/mol. The molecule has 0 aliphatic heterocycles. The van der Waals surface area contributed by atoms with Crippen LogP contribution < -0.4 is 10.6 Å². The highest BCUT2D eigenvalue weighted by atomic mass is 32.1.